The van der Waals surface area contributed by atoms with Crippen molar-refractivity contribution in [3.63, 3.8) is 0 Å². The number of nitrogens with one attached hydrogen (secondary N) is 1. The fourth-order valence-corrected chi connectivity index (χ4v) is 3.92. The minimum atomic E-state index is -0.430. The predicted molar refractivity (Wildman–Crippen MR) is 115 cm³/mol. The van der Waals surface area contributed by atoms with E-state index in [-0.39, 0.29) is 17.9 Å². The number of aromatic amines is 1. The average molecular weight is 420 g/mol. The number of amides is 1. The summed E-state index contributed by atoms with van der Waals surface area (Å²) in [7, 11) is 0. The number of hydrogen-bond acceptors (Lipinski definition) is 5. The Balaban J connectivity index is 1.94. The highest BCUT2D eigenvalue weighted by Crippen LogP contribution is 2.17. The summed E-state index contributed by atoms with van der Waals surface area (Å²) in [5.74, 6) is 1.02. The largest absolute Gasteiger partial charge is 0.375 e. The zero-order valence-electron chi connectivity index (χ0n) is 18.4. The second kappa shape index (κ2) is 9.59. The fraction of sp³-hybridized carbons (Fsp3) is 0.714. The van der Waals surface area contributed by atoms with Gasteiger partial charge in [0.1, 0.15) is 5.82 Å². The van der Waals surface area contributed by atoms with Gasteiger partial charge in [-0.3, -0.25) is 19.1 Å². The number of rotatable bonds is 8. The van der Waals surface area contributed by atoms with Crippen LogP contribution >= 0.6 is 0 Å². The molecule has 1 fully saturated rings. The number of aryl methyl sites for hydroxylation is 2. The first-order valence-corrected chi connectivity index (χ1v) is 10.9. The van der Waals surface area contributed by atoms with Crippen molar-refractivity contribution in [3.8, 4) is 0 Å². The van der Waals surface area contributed by atoms with Gasteiger partial charge in [0.25, 0.3) is 5.56 Å². The molecule has 1 amide bonds. The molecule has 0 aliphatic carbocycles. The van der Waals surface area contributed by atoms with Crippen molar-refractivity contribution in [2.24, 2.45) is 5.92 Å². The van der Waals surface area contributed by atoms with Gasteiger partial charge in [0, 0.05) is 39.0 Å². The van der Waals surface area contributed by atoms with E-state index in [0.29, 0.717) is 62.6 Å². The van der Waals surface area contributed by atoms with Crippen molar-refractivity contribution >= 4 is 17.1 Å². The van der Waals surface area contributed by atoms with E-state index in [4.69, 9.17) is 4.74 Å². The molecule has 1 unspecified atom stereocenters. The topological polar surface area (TPSA) is 102 Å². The number of morpholine rings is 1. The van der Waals surface area contributed by atoms with Crippen molar-refractivity contribution < 1.29 is 9.53 Å². The molecule has 166 valence electrons. The molecule has 1 aliphatic heterocycles. The summed E-state index contributed by atoms with van der Waals surface area (Å²) in [5.41, 5.74) is -0.0160. The van der Waals surface area contributed by atoms with E-state index in [2.05, 4.69) is 30.7 Å². The number of hydrogen-bond donors (Lipinski definition) is 1. The van der Waals surface area contributed by atoms with Crippen LogP contribution in [-0.2, 0) is 29.0 Å². The normalized spacial score (nSPS) is 17.2. The number of aromatic nitrogens is 4. The number of fused-ring (bicyclic) bond motifs is 1. The molecule has 0 saturated carbocycles. The predicted octanol–water partition coefficient (Wildman–Crippen LogP) is 1.52. The third-order valence-electron chi connectivity index (χ3n) is 5.40. The van der Waals surface area contributed by atoms with Gasteiger partial charge in [0.15, 0.2) is 11.2 Å². The van der Waals surface area contributed by atoms with Gasteiger partial charge in [0.05, 0.1) is 12.7 Å². The Morgan fingerprint density at radius 2 is 2.07 bits per heavy atom. The lowest BCUT2D eigenvalue weighted by Gasteiger charge is -2.31. The van der Waals surface area contributed by atoms with E-state index in [9.17, 15) is 14.4 Å². The van der Waals surface area contributed by atoms with Crippen LogP contribution in [0.3, 0.4) is 0 Å². The number of unbranched alkanes of at least 4 members (excludes halogenated alkanes) is 1. The second-order valence-corrected chi connectivity index (χ2v) is 8.49. The zero-order valence-corrected chi connectivity index (χ0v) is 18.4. The van der Waals surface area contributed by atoms with Gasteiger partial charge < -0.3 is 14.2 Å². The third-order valence-corrected chi connectivity index (χ3v) is 5.40. The molecule has 0 aromatic carbocycles. The Morgan fingerprint density at radius 1 is 1.30 bits per heavy atom. The molecule has 30 heavy (non-hydrogen) atoms. The van der Waals surface area contributed by atoms with Gasteiger partial charge in [0.2, 0.25) is 5.91 Å². The molecule has 1 atom stereocenters. The lowest BCUT2D eigenvalue weighted by molar-refractivity contribution is -0.138. The van der Waals surface area contributed by atoms with E-state index in [1.165, 1.54) is 0 Å². The quantitative estimate of drug-likeness (QED) is 0.699. The van der Waals surface area contributed by atoms with Gasteiger partial charge in [-0.25, -0.2) is 9.78 Å². The molecule has 0 radical (unpaired) electrons. The van der Waals surface area contributed by atoms with E-state index >= 15 is 0 Å². The molecular weight excluding hydrogens is 386 g/mol. The first-order chi connectivity index (χ1) is 14.3. The van der Waals surface area contributed by atoms with Crippen LogP contribution in [0.2, 0.25) is 0 Å². The SMILES string of the molecule is CCCCn1c(=O)[nH]c(=O)c2c1nc(CCC(=O)N1CCOC(C)C1)n2CC(C)C. The number of ether oxygens (including phenoxy) is 1. The van der Waals surface area contributed by atoms with Crippen LogP contribution in [-0.4, -0.2) is 55.7 Å². The number of H-pyrrole nitrogens is 1. The van der Waals surface area contributed by atoms with Crippen molar-refractivity contribution in [1.29, 1.82) is 0 Å². The minimum Gasteiger partial charge on any atom is -0.375 e. The summed E-state index contributed by atoms with van der Waals surface area (Å²) in [6.45, 7) is 11.0. The van der Waals surface area contributed by atoms with Crippen LogP contribution in [0, 0.1) is 5.92 Å². The molecule has 1 aliphatic rings. The third kappa shape index (κ3) is 4.83. The Kier molecular flexibility index (Phi) is 7.12. The smallest absolute Gasteiger partial charge is 0.330 e. The van der Waals surface area contributed by atoms with Crippen molar-refractivity contribution in [1.82, 2.24) is 24.0 Å². The van der Waals surface area contributed by atoms with Gasteiger partial charge in [-0.2, -0.15) is 0 Å². The highest BCUT2D eigenvalue weighted by atomic mass is 16.5. The Bertz CT molecular complexity index is 1000. The van der Waals surface area contributed by atoms with Gasteiger partial charge in [-0.05, 0) is 19.3 Å². The maximum atomic E-state index is 12.7. The molecule has 3 heterocycles. The average Bonchev–Trinajstić information content (AvgIpc) is 3.04. The highest BCUT2D eigenvalue weighted by Gasteiger charge is 2.23. The van der Waals surface area contributed by atoms with Gasteiger partial charge in [-0.1, -0.05) is 27.2 Å². The van der Waals surface area contributed by atoms with E-state index in [1.807, 2.05) is 16.4 Å². The Morgan fingerprint density at radius 3 is 2.73 bits per heavy atom. The summed E-state index contributed by atoms with van der Waals surface area (Å²) in [6, 6.07) is 0. The maximum Gasteiger partial charge on any atom is 0.330 e. The number of carbonyl (C=O) groups is 1. The maximum absolute atomic E-state index is 12.7. The molecule has 0 spiro atoms. The van der Waals surface area contributed by atoms with Crippen molar-refractivity contribution in [2.45, 2.75) is 72.6 Å². The number of nitrogens with zero attached hydrogens (tertiary/aromatic N) is 4. The van der Waals surface area contributed by atoms with Crippen molar-refractivity contribution in [3.05, 3.63) is 26.7 Å². The summed E-state index contributed by atoms with van der Waals surface area (Å²) in [4.78, 5) is 46.7. The van der Waals surface area contributed by atoms with Crippen LogP contribution in [0.4, 0.5) is 0 Å². The summed E-state index contributed by atoms with van der Waals surface area (Å²) < 4.78 is 8.95. The molecule has 1 N–H and O–H groups in total. The standard InChI is InChI=1S/C21H33N5O4/c1-5-6-9-25-19-18(20(28)23-21(25)29)26(12-14(2)3)16(22-19)7-8-17(27)24-10-11-30-15(4)13-24/h14-15H,5-13H2,1-4H3,(H,23,28,29). The van der Waals surface area contributed by atoms with Crippen LogP contribution in [0.5, 0.6) is 0 Å². The molecule has 0 bridgehead atoms. The lowest BCUT2D eigenvalue weighted by Crippen LogP contribution is -2.44. The monoisotopic (exact) mass is 419 g/mol. The summed E-state index contributed by atoms with van der Waals surface area (Å²) >= 11 is 0. The Labute approximate surface area is 176 Å². The molecule has 3 rings (SSSR count). The van der Waals surface area contributed by atoms with E-state index < -0.39 is 11.2 Å². The molecule has 2 aromatic rings. The van der Waals surface area contributed by atoms with Crippen LogP contribution in [0.15, 0.2) is 9.59 Å². The highest BCUT2D eigenvalue weighted by molar-refractivity contribution is 5.77. The van der Waals surface area contributed by atoms with E-state index in [1.54, 1.807) is 4.57 Å². The summed E-state index contributed by atoms with van der Waals surface area (Å²) in [5, 5.41) is 0. The molecule has 2 aromatic heterocycles. The number of carbonyl (C=O) groups excluding carboxylic acids is 1. The van der Waals surface area contributed by atoms with E-state index in [0.717, 1.165) is 12.8 Å². The lowest BCUT2D eigenvalue weighted by atomic mass is 10.2. The fourth-order valence-electron chi connectivity index (χ4n) is 3.92. The van der Waals surface area contributed by atoms with Crippen LogP contribution < -0.4 is 11.2 Å². The first kappa shape index (κ1) is 22.3. The van der Waals surface area contributed by atoms with Gasteiger partial charge in [-0.15, -0.1) is 0 Å². The molecule has 9 heteroatoms. The van der Waals surface area contributed by atoms with Crippen molar-refractivity contribution in [2.75, 3.05) is 19.7 Å². The molecular formula is C21H33N5O4. The number of imidazole rings is 1. The van der Waals surface area contributed by atoms with Gasteiger partial charge >= 0.3 is 5.69 Å². The summed E-state index contributed by atoms with van der Waals surface area (Å²) in [6.07, 6.45) is 2.53. The van der Waals surface area contributed by atoms with Crippen LogP contribution in [0.25, 0.3) is 11.2 Å². The second-order valence-electron chi connectivity index (χ2n) is 8.49. The molecule has 9 nitrogen and oxygen atoms in total. The van der Waals surface area contributed by atoms with Crippen LogP contribution in [0.1, 0.15) is 52.8 Å². The molecule has 1 saturated heterocycles. The minimum absolute atomic E-state index is 0.0415. The Hall–Kier alpha value is -2.42. The first-order valence-electron chi connectivity index (χ1n) is 10.9. The zero-order chi connectivity index (χ0) is 21.8.